The van der Waals surface area contributed by atoms with Gasteiger partial charge in [0.25, 0.3) is 0 Å². The van der Waals surface area contributed by atoms with Gasteiger partial charge in [-0.25, -0.2) is 0 Å². The molecule has 5 nitrogen and oxygen atoms in total. The van der Waals surface area contributed by atoms with Gasteiger partial charge >= 0.3 is 0 Å². The molecule has 152 valence electrons. The van der Waals surface area contributed by atoms with Gasteiger partial charge in [0, 0.05) is 17.5 Å². The zero-order valence-corrected chi connectivity index (χ0v) is 17.5. The van der Waals surface area contributed by atoms with Gasteiger partial charge in [0.2, 0.25) is 18.2 Å². The van der Waals surface area contributed by atoms with E-state index < -0.39 is 0 Å². The maximum Gasteiger partial charge on any atom is 0.248 e. The predicted octanol–water partition coefficient (Wildman–Crippen LogP) is 6.09. The molecule has 31 heavy (non-hydrogen) atoms. The number of fused-ring (bicyclic) bond motifs is 2. The lowest BCUT2D eigenvalue weighted by Gasteiger charge is -2.26. The number of benzene rings is 3. The van der Waals surface area contributed by atoms with Crippen molar-refractivity contribution in [3.05, 3.63) is 88.8 Å². The summed E-state index contributed by atoms with van der Waals surface area (Å²) in [4.78, 5) is 14.3. The van der Waals surface area contributed by atoms with Gasteiger partial charge in [-0.2, -0.15) is 0 Å². The SMILES string of the molecule is CC(=O)N1Cc2cc(-c3ccccc3-c3nnco3)ccc2C=Cc2cc(Cl)ccc21. The first-order chi connectivity index (χ1) is 15.1. The van der Waals surface area contributed by atoms with Crippen molar-refractivity contribution in [1.82, 2.24) is 10.2 Å². The minimum atomic E-state index is -0.0264. The van der Waals surface area contributed by atoms with Gasteiger partial charge in [0.05, 0.1) is 12.2 Å². The van der Waals surface area contributed by atoms with Gasteiger partial charge in [-0.15, -0.1) is 10.2 Å². The topological polar surface area (TPSA) is 59.2 Å². The van der Waals surface area contributed by atoms with Gasteiger partial charge in [0.1, 0.15) is 0 Å². The van der Waals surface area contributed by atoms with Crippen LogP contribution in [0.2, 0.25) is 5.02 Å². The highest BCUT2D eigenvalue weighted by Crippen LogP contribution is 2.35. The highest BCUT2D eigenvalue weighted by molar-refractivity contribution is 6.30. The third-order valence-electron chi connectivity index (χ3n) is 5.40. The van der Waals surface area contributed by atoms with Gasteiger partial charge in [-0.3, -0.25) is 4.79 Å². The van der Waals surface area contributed by atoms with Crippen LogP contribution in [0.15, 0.2) is 71.5 Å². The fourth-order valence-corrected chi connectivity index (χ4v) is 4.09. The molecule has 0 spiro atoms. The third kappa shape index (κ3) is 3.64. The van der Waals surface area contributed by atoms with Crippen LogP contribution in [0.25, 0.3) is 34.7 Å². The van der Waals surface area contributed by atoms with E-state index in [0.29, 0.717) is 17.5 Å². The average molecular weight is 428 g/mol. The number of nitrogens with zero attached hydrogens (tertiary/aromatic N) is 3. The molecule has 0 atom stereocenters. The van der Waals surface area contributed by atoms with Crippen molar-refractivity contribution in [3.8, 4) is 22.6 Å². The fourth-order valence-electron chi connectivity index (χ4n) is 3.91. The maximum absolute atomic E-state index is 12.5. The van der Waals surface area contributed by atoms with Gasteiger partial charge in [-0.1, -0.05) is 54.1 Å². The lowest BCUT2D eigenvalue weighted by molar-refractivity contribution is -0.116. The Bertz CT molecular complexity index is 1310. The average Bonchev–Trinajstić information content (AvgIpc) is 3.30. The molecule has 6 heteroatoms. The Morgan fingerprint density at radius 1 is 1.00 bits per heavy atom. The zero-order chi connectivity index (χ0) is 21.4. The molecule has 5 rings (SSSR count). The van der Waals surface area contributed by atoms with E-state index >= 15 is 0 Å². The predicted molar refractivity (Wildman–Crippen MR) is 122 cm³/mol. The molecule has 1 amide bonds. The Balaban J connectivity index is 1.63. The van der Waals surface area contributed by atoms with Crippen LogP contribution < -0.4 is 4.90 Å². The first kappa shape index (κ1) is 19.3. The number of carbonyl (C=O) groups excluding carboxylic acids is 1. The summed E-state index contributed by atoms with van der Waals surface area (Å²) in [6, 6.07) is 19.7. The first-order valence-electron chi connectivity index (χ1n) is 9.85. The van der Waals surface area contributed by atoms with E-state index in [4.69, 9.17) is 16.0 Å². The Morgan fingerprint density at radius 2 is 1.81 bits per heavy atom. The summed E-state index contributed by atoms with van der Waals surface area (Å²) >= 11 is 6.19. The second kappa shape index (κ2) is 7.85. The highest BCUT2D eigenvalue weighted by Gasteiger charge is 2.20. The highest BCUT2D eigenvalue weighted by atomic mass is 35.5. The van der Waals surface area contributed by atoms with Crippen LogP contribution in [0.4, 0.5) is 5.69 Å². The molecular formula is C25H18ClN3O2. The molecule has 2 heterocycles. The van der Waals surface area contributed by atoms with Gasteiger partial charge in [-0.05, 0) is 58.1 Å². The summed E-state index contributed by atoms with van der Waals surface area (Å²) in [5.41, 5.74) is 6.73. The van der Waals surface area contributed by atoms with Crippen LogP contribution in [0.1, 0.15) is 23.6 Å². The standard InChI is InChI=1S/C25H18ClN3O2/c1-16(30)29-14-20-12-18(22-4-2-3-5-23(22)25-28-27-15-31-25)8-6-17(20)7-9-19-13-21(26)10-11-24(19)29/h2-13,15H,14H2,1H3. The van der Waals surface area contributed by atoms with E-state index in [1.54, 1.807) is 11.8 Å². The summed E-state index contributed by atoms with van der Waals surface area (Å²) in [7, 11) is 0. The van der Waals surface area contributed by atoms with Crippen molar-refractivity contribution in [2.24, 2.45) is 0 Å². The third-order valence-corrected chi connectivity index (χ3v) is 5.64. The Kier molecular flexibility index (Phi) is 4.88. The van der Waals surface area contributed by atoms with Crippen LogP contribution in [0.3, 0.4) is 0 Å². The molecule has 0 saturated carbocycles. The minimum absolute atomic E-state index is 0.0264. The van der Waals surface area contributed by atoms with Crippen molar-refractivity contribution in [1.29, 1.82) is 0 Å². The van der Waals surface area contributed by atoms with Crippen LogP contribution in [0.5, 0.6) is 0 Å². The molecule has 1 aromatic heterocycles. The quantitative estimate of drug-likeness (QED) is 0.388. The smallest absolute Gasteiger partial charge is 0.248 e. The molecule has 0 saturated heterocycles. The molecule has 0 bridgehead atoms. The molecule has 4 aromatic rings. The number of halogens is 1. The summed E-state index contributed by atoms with van der Waals surface area (Å²) in [6.45, 7) is 2.04. The van der Waals surface area contributed by atoms with E-state index in [-0.39, 0.29) is 5.91 Å². The van der Waals surface area contributed by atoms with Crippen LogP contribution in [-0.2, 0) is 11.3 Å². The first-order valence-corrected chi connectivity index (χ1v) is 10.2. The van der Waals surface area contributed by atoms with Crippen molar-refractivity contribution in [2.75, 3.05) is 4.90 Å². The second-order valence-corrected chi connectivity index (χ2v) is 7.78. The van der Waals surface area contributed by atoms with E-state index in [1.165, 1.54) is 6.39 Å². The lowest BCUT2D eigenvalue weighted by Crippen LogP contribution is -2.29. The molecule has 1 aliphatic heterocycles. The maximum atomic E-state index is 12.5. The number of carbonyl (C=O) groups is 1. The summed E-state index contributed by atoms with van der Waals surface area (Å²) in [5.74, 6) is 0.444. The van der Waals surface area contributed by atoms with E-state index in [2.05, 4.69) is 34.5 Å². The Labute approximate surface area is 184 Å². The normalized spacial score (nSPS) is 12.6. The Morgan fingerprint density at radius 3 is 2.58 bits per heavy atom. The summed E-state index contributed by atoms with van der Waals surface area (Å²) in [6.07, 6.45) is 5.39. The van der Waals surface area contributed by atoms with Crippen molar-refractivity contribution in [3.63, 3.8) is 0 Å². The largest absolute Gasteiger partial charge is 0.423 e. The number of hydrogen-bond donors (Lipinski definition) is 0. The van der Waals surface area contributed by atoms with Crippen LogP contribution in [0, 0.1) is 0 Å². The zero-order valence-electron chi connectivity index (χ0n) is 16.7. The number of anilines is 1. The number of amides is 1. The second-order valence-electron chi connectivity index (χ2n) is 7.34. The lowest BCUT2D eigenvalue weighted by atomic mass is 9.94. The van der Waals surface area contributed by atoms with Gasteiger partial charge < -0.3 is 9.32 Å². The molecule has 0 N–H and O–H groups in total. The number of aromatic nitrogens is 2. The van der Waals surface area contributed by atoms with E-state index in [9.17, 15) is 4.79 Å². The van der Waals surface area contributed by atoms with E-state index in [1.807, 2.05) is 48.5 Å². The molecule has 0 unspecified atom stereocenters. The van der Waals surface area contributed by atoms with Gasteiger partial charge in [0.15, 0.2) is 0 Å². The summed E-state index contributed by atoms with van der Waals surface area (Å²) < 4.78 is 5.43. The number of hydrogen-bond acceptors (Lipinski definition) is 4. The molecular weight excluding hydrogens is 410 g/mol. The van der Waals surface area contributed by atoms with Crippen molar-refractivity contribution in [2.45, 2.75) is 13.5 Å². The van der Waals surface area contributed by atoms with Crippen LogP contribution >= 0.6 is 11.6 Å². The molecule has 0 radical (unpaired) electrons. The monoisotopic (exact) mass is 427 g/mol. The Hall–Kier alpha value is -3.70. The molecule has 1 aliphatic rings. The molecule has 3 aromatic carbocycles. The van der Waals surface area contributed by atoms with E-state index in [0.717, 1.165) is 39.1 Å². The van der Waals surface area contributed by atoms with Crippen molar-refractivity contribution < 1.29 is 9.21 Å². The van der Waals surface area contributed by atoms with Crippen LogP contribution in [-0.4, -0.2) is 16.1 Å². The summed E-state index contributed by atoms with van der Waals surface area (Å²) in [5, 5.41) is 8.51. The van der Waals surface area contributed by atoms with Crippen molar-refractivity contribution >= 4 is 35.3 Å². The molecule has 0 aliphatic carbocycles. The fraction of sp³-hybridized carbons (Fsp3) is 0.0800. The molecule has 0 fully saturated rings. The number of rotatable bonds is 2. The minimum Gasteiger partial charge on any atom is -0.423 e.